The first-order chi connectivity index (χ1) is 4.58. The van der Waals surface area contributed by atoms with E-state index in [1.165, 1.54) is 0 Å². The van der Waals surface area contributed by atoms with Crippen molar-refractivity contribution < 1.29 is 4.79 Å². The Morgan fingerprint density at radius 3 is 2.50 bits per heavy atom. The van der Waals surface area contributed by atoms with E-state index < -0.39 is 5.54 Å². The van der Waals surface area contributed by atoms with Crippen molar-refractivity contribution in [1.29, 1.82) is 0 Å². The van der Waals surface area contributed by atoms with Gasteiger partial charge in [-0.2, -0.15) is 0 Å². The smallest absolute Gasteiger partial charge is 0.255 e. The van der Waals surface area contributed by atoms with Gasteiger partial charge in [-0.15, -0.1) is 0 Å². The quantitative estimate of drug-likeness (QED) is 0.526. The minimum atomic E-state index is -0.518. The zero-order chi connectivity index (χ0) is 7.78. The number of nitrogens with zero attached hydrogens (tertiary/aromatic N) is 2. The summed E-state index contributed by atoms with van der Waals surface area (Å²) in [5, 5.41) is 0. The molecule has 0 atom stereocenters. The van der Waals surface area contributed by atoms with Crippen molar-refractivity contribution in [2.75, 3.05) is 6.54 Å². The molecule has 0 radical (unpaired) electrons. The Labute approximate surface area is 60.7 Å². The molecule has 1 aliphatic heterocycles. The summed E-state index contributed by atoms with van der Waals surface area (Å²) in [5.74, 6) is 0.0926. The highest BCUT2D eigenvalue weighted by Gasteiger charge is 2.34. The Morgan fingerprint density at radius 2 is 2.30 bits per heavy atom. The van der Waals surface area contributed by atoms with Gasteiger partial charge < -0.3 is 4.90 Å². The van der Waals surface area contributed by atoms with E-state index in [1.54, 1.807) is 11.2 Å². The molecule has 1 rings (SSSR count). The first-order valence-electron chi connectivity index (χ1n) is 3.44. The van der Waals surface area contributed by atoms with Crippen molar-refractivity contribution in [3.05, 3.63) is 0 Å². The summed E-state index contributed by atoms with van der Waals surface area (Å²) < 4.78 is 0. The number of aliphatic imine (C=N–C) groups is 1. The monoisotopic (exact) mass is 140 g/mol. The number of hydrogen-bond donors (Lipinski definition) is 0. The van der Waals surface area contributed by atoms with E-state index in [0.717, 1.165) is 0 Å². The third-order valence-electron chi connectivity index (χ3n) is 1.64. The third kappa shape index (κ3) is 0.916. The average molecular weight is 140 g/mol. The lowest BCUT2D eigenvalue weighted by Gasteiger charge is -2.15. The molecule has 0 aromatic heterocycles. The lowest BCUT2D eigenvalue weighted by molar-refractivity contribution is -0.129. The van der Waals surface area contributed by atoms with E-state index in [2.05, 4.69) is 4.99 Å². The van der Waals surface area contributed by atoms with Gasteiger partial charge in [0.2, 0.25) is 0 Å². The number of likely N-dealkylation sites (N-methyl/N-ethyl adjacent to an activating group) is 1. The molecule has 3 nitrogen and oxygen atoms in total. The van der Waals surface area contributed by atoms with Gasteiger partial charge in [-0.3, -0.25) is 9.79 Å². The maximum atomic E-state index is 11.3. The van der Waals surface area contributed by atoms with Crippen molar-refractivity contribution >= 4 is 12.2 Å². The van der Waals surface area contributed by atoms with E-state index in [1.807, 2.05) is 20.8 Å². The van der Waals surface area contributed by atoms with Crippen molar-refractivity contribution in [3.8, 4) is 0 Å². The van der Waals surface area contributed by atoms with Gasteiger partial charge >= 0.3 is 0 Å². The van der Waals surface area contributed by atoms with Gasteiger partial charge in [0, 0.05) is 6.54 Å². The molecule has 0 N–H and O–H groups in total. The third-order valence-corrected chi connectivity index (χ3v) is 1.64. The largest absolute Gasteiger partial charge is 0.301 e. The lowest BCUT2D eigenvalue weighted by atomic mass is 10.1. The summed E-state index contributed by atoms with van der Waals surface area (Å²) >= 11 is 0. The molecule has 0 aromatic carbocycles. The standard InChI is InChI=1S/C7H12N2O/c1-4-9-5-8-7(2,3)6(9)10/h5H,4H2,1-3H3. The first kappa shape index (κ1) is 7.25. The van der Waals surface area contributed by atoms with Crippen LogP contribution in [0.4, 0.5) is 0 Å². The minimum Gasteiger partial charge on any atom is -0.301 e. The van der Waals surface area contributed by atoms with Crippen molar-refractivity contribution in [1.82, 2.24) is 4.90 Å². The van der Waals surface area contributed by atoms with Crippen LogP contribution in [0.2, 0.25) is 0 Å². The van der Waals surface area contributed by atoms with E-state index in [4.69, 9.17) is 0 Å². The molecule has 56 valence electrons. The molecule has 0 saturated heterocycles. The van der Waals surface area contributed by atoms with Gasteiger partial charge in [-0.05, 0) is 20.8 Å². The Morgan fingerprint density at radius 1 is 1.70 bits per heavy atom. The normalized spacial score (nSPS) is 22.3. The van der Waals surface area contributed by atoms with Crippen LogP contribution in [0, 0.1) is 0 Å². The van der Waals surface area contributed by atoms with Crippen LogP contribution in [0.5, 0.6) is 0 Å². The average Bonchev–Trinajstić information content (AvgIpc) is 2.10. The van der Waals surface area contributed by atoms with E-state index >= 15 is 0 Å². The topological polar surface area (TPSA) is 32.7 Å². The Balaban J connectivity index is 2.78. The van der Waals surface area contributed by atoms with Crippen LogP contribution in [0.15, 0.2) is 4.99 Å². The summed E-state index contributed by atoms with van der Waals surface area (Å²) in [7, 11) is 0. The maximum absolute atomic E-state index is 11.3. The summed E-state index contributed by atoms with van der Waals surface area (Å²) in [6, 6.07) is 0. The SMILES string of the molecule is CCN1C=NC(C)(C)C1=O. The first-order valence-corrected chi connectivity index (χ1v) is 3.44. The number of carbonyl (C=O) groups excluding carboxylic acids is 1. The van der Waals surface area contributed by atoms with Crippen LogP contribution < -0.4 is 0 Å². The van der Waals surface area contributed by atoms with Crippen LogP contribution in [-0.4, -0.2) is 29.2 Å². The molecule has 0 saturated carbocycles. The summed E-state index contributed by atoms with van der Waals surface area (Å²) in [6.07, 6.45) is 1.61. The van der Waals surface area contributed by atoms with Crippen molar-refractivity contribution in [3.63, 3.8) is 0 Å². The maximum Gasteiger partial charge on any atom is 0.255 e. The molecule has 3 heteroatoms. The molecule has 0 aromatic rings. The summed E-state index contributed by atoms with van der Waals surface area (Å²) in [4.78, 5) is 16.9. The zero-order valence-electron chi connectivity index (χ0n) is 6.59. The molecule has 1 amide bonds. The minimum absolute atomic E-state index is 0.0926. The number of carbonyl (C=O) groups is 1. The van der Waals surface area contributed by atoms with Crippen molar-refractivity contribution in [2.24, 2.45) is 4.99 Å². The van der Waals surface area contributed by atoms with Crippen LogP contribution in [-0.2, 0) is 4.79 Å². The van der Waals surface area contributed by atoms with Gasteiger partial charge in [0.1, 0.15) is 5.54 Å². The fourth-order valence-electron chi connectivity index (χ4n) is 0.898. The molecule has 1 heterocycles. The summed E-state index contributed by atoms with van der Waals surface area (Å²) in [5.41, 5.74) is -0.518. The lowest BCUT2D eigenvalue weighted by Crippen LogP contribution is -2.36. The van der Waals surface area contributed by atoms with Crippen molar-refractivity contribution in [2.45, 2.75) is 26.3 Å². The van der Waals surface area contributed by atoms with Gasteiger partial charge in [0.05, 0.1) is 6.34 Å². The highest BCUT2D eigenvalue weighted by atomic mass is 16.2. The molecule has 1 aliphatic rings. The predicted molar refractivity (Wildman–Crippen MR) is 40.0 cm³/mol. The van der Waals surface area contributed by atoms with Gasteiger partial charge in [0.25, 0.3) is 5.91 Å². The molecule has 0 fully saturated rings. The van der Waals surface area contributed by atoms with E-state index in [9.17, 15) is 4.79 Å². The Kier molecular flexibility index (Phi) is 1.50. The second kappa shape index (κ2) is 2.08. The second-order valence-corrected chi connectivity index (χ2v) is 2.89. The molecule has 0 unspecified atom stereocenters. The molecular weight excluding hydrogens is 128 g/mol. The van der Waals surface area contributed by atoms with Crippen LogP contribution in [0.25, 0.3) is 0 Å². The van der Waals surface area contributed by atoms with Gasteiger partial charge in [-0.25, -0.2) is 0 Å². The molecule has 0 bridgehead atoms. The Bertz CT molecular complexity index is 184. The fraction of sp³-hybridized carbons (Fsp3) is 0.714. The molecule has 0 spiro atoms. The van der Waals surface area contributed by atoms with E-state index in [-0.39, 0.29) is 5.91 Å². The van der Waals surface area contributed by atoms with Crippen LogP contribution >= 0.6 is 0 Å². The highest BCUT2D eigenvalue weighted by molar-refractivity contribution is 5.99. The van der Waals surface area contributed by atoms with Crippen LogP contribution in [0.1, 0.15) is 20.8 Å². The second-order valence-electron chi connectivity index (χ2n) is 2.89. The summed E-state index contributed by atoms with van der Waals surface area (Å²) in [6.45, 7) is 6.29. The predicted octanol–water partition coefficient (Wildman–Crippen LogP) is 0.655. The number of amides is 1. The molecule has 10 heavy (non-hydrogen) atoms. The van der Waals surface area contributed by atoms with Crippen LogP contribution in [0.3, 0.4) is 0 Å². The number of rotatable bonds is 1. The molecular formula is C7H12N2O. The Hall–Kier alpha value is -0.860. The van der Waals surface area contributed by atoms with E-state index in [0.29, 0.717) is 6.54 Å². The fourth-order valence-corrected chi connectivity index (χ4v) is 0.898. The zero-order valence-corrected chi connectivity index (χ0v) is 6.59. The van der Waals surface area contributed by atoms with Gasteiger partial charge in [-0.1, -0.05) is 0 Å². The number of hydrogen-bond acceptors (Lipinski definition) is 2. The highest BCUT2D eigenvalue weighted by Crippen LogP contribution is 2.17. The van der Waals surface area contributed by atoms with Gasteiger partial charge in [0.15, 0.2) is 0 Å². The molecule has 0 aliphatic carbocycles.